The quantitative estimate of drug-likeness (QED) is 0.654. The predicted octanol–water partition coefficient (Wildman–Crippen LogP) is 2.58. The highest BCUT2D eigenvalue weighted by atomic mass is 16.6. The number of amides is 2. The summed E-state index contributed by atoms with van der Waals surface area (Å²) in [4.78, 5) is 37.8. The summed E-state index contributed by atoms with van der Waals surface area (Å²) in [7, 11) is 1.46. The monoisotopic (exact) mass is 423 g/mol. The minimum atomic E-state index is -0.946. The summed E-state index contributed by atoms with van der Waals surface area (Å²) >= 11 is 0. The number of nitriles is 1. The van der Waals surface area contributed by atoms with Gasteiger partial charge in [0.05, 0.1) is 18.2 Å². The molecule has 2 rings (SSSR count). The van der Waals surface area contributed by atoms with Crippen LogP contribution in [0.4, 0.5) is 5.69 Å². The van der Waals surface area contributed by atoms with Crippen LogP contribution in [0.25, 0.3) is 0 Å². The van der Waals surface area contributed by atoms with Gasteiger partial charge < -0.3 is 19.7 Å². The zero-order chi connectivity index (χ0) is 23.0. The SMILES string of the molecule is Cc1cccc(C)c1NC(=O)CN(C)C(=O)COC(=O)[C@H](C)Oc1ccc(C#N)cc1. The van der Waals surface area contributed by atoms with E-state index in [-0.39, 0.29) is 12.5 Å². The second-order valence-corrected chi connectivity index (χ2v) is 7.07. The highest BCUT2D eigenvalue weighted by molar-refractivity contribution is 5.96. The zero-order valence-electron chi connectivity index (χ0n) is 18.0. The maximum absolute atomic E-state index is 12.3. The van der Waals surface area contributed by atoms with Gasteiger partial charge in [-0.05, 0) is 56.2 Å². The molecule has 0 aliphatic carbocycles. The van der Waals surface area contributed by atoms with E-state index in [0.717, 1.165) is 11.1 Å². The number of para-hydroxylation sites is 1. The van der Waals surface area contributed by atoms with Crippen molar-refractivity contribution in [3.63, 3.8) is 0 Å². The van der Waals surface area contributed by atoms with Crippen LogP contribution in [0.5, 0.6) is 5.75 Å². The van der Waals surface area contributed by atoms with Crippen molar-refractivity contribution in [1.29, 1.82) is 5.26 Å². The molecule has 1 atom stereocenters. The molecule has 162 valence electrons. The second-order valence-electron chi connectivity index (χ2n) is 7.07. The first-order valence-corrected chi connectivity index (χ1v) is 9.64. The summed E-state index contributed by atoms with van der Waals surface area (Å²) in [5.74, 6) is -1.19. The van der Waals surface area contributed by atoms with E-state index in [1.807, 2.05) is 38.1 Å². The number of rotatable bonds is 8. The molecule has 0 heterocycles. The Hall–Kier alpha value is -3.86. The molecule has 2 aromatic carbocycles. The van der Waals surface area contributed by atoms with Crippen molar-refractivity contribution in [2.75, 3.05) is 25.5 Å². The van der Waals surface area contributed by atoms with Crippen molar-refractivity contribution in [1.82, 2.24) is 4.90 Å². The predicted molar refractivity (Wildman–Crippen MR) is 114 cm³/mol. The summed E-state index contributed by atoms with van der Waals surface area (Å²) in [6, 6.07) is 13.9. The third-order valence-electron chi connectivity index (χ3n) is 4.52. The molecular formula is C23H25N3O5. The molecule has 0 radical (unpaired) electrons. The van der Waals surface area contributed by atoms with Crippen LogP contribution in [0.3, 0.4) is 0 Å². The maximum Gasteiger partial charge on any atom is 0.347 e. The van der Waals surface area contributed by atoms with Crippen LogP contribution in [0.1, 0.15) is 23.6 Å². The molecule has 2 amide bonds. The van der Waals surface area contributed by atoms with Gasteiger partial charge in [-0.15, -0.1) is 0 Å². The standard InChI is InChI=1S/C23H25N3O5/c1-15-6-5-7-16(2)22(15)25-20(27)13-26(4)21(28)14-30-23(29)17(3)31-19-10-8-18(12-24)9-11-19/h5-11,17H,13-14H2,1-4H3,(H,25,27)/t17-/m0/s1. The number of nitrogens with one attached hydrogen (secondary N) is 1. The van der Waals surface area contributed by atoms with E-state index in [4.69, 9.17) is 14.7 Å². The van der Waals surface area contributed by atoms with Crippen molar-refractivity contribution in [3.05, 3.63) is 59.2 Å². The Balaban J connectivity index is 1.80. The Morgan fingerprint density at radius 3 is 2.29 bits per heavy atom. The maximum atomic E-state index is 12.3. The van der Waals surface area contributed by atoms with Crippen LogP contribution in [0, 0.1) is 25.2 Å². The van der Waals surface area contributed by atoms with Gasteiger partial charge in [0.1, 0.15) is 5.75 Å². The van der Waals surface area contributed by atoms with Crippen molar-refractivity contribution >= 4 is 23.5 Å². The molecule has 0 saturated heterocycles. The smallest absolute Gasteiger partial charge is 0.347 e. The Morgan fingerprint density at radius 1 is 1.10 bits per heavy atom. The average Bonchev–Trinajstić information content (AvgIpc) is 2.74. The van der Waals surface area contributed by atoms with E-state index >= 15 is 0 Å². The first-order valence-electron chi connectivity index (χ1n) is 9.64. The van der Waals surface area contributed by atoms with Gasteiger partial charge in [-0.2, -0.15) is 5.26 Å². The Kier molecular flexibility index (Phi) is 8.15. The van der Waals surface area contributed by atoms with Gasteiger partial charge in [-0.1, -0.05) is 18.2 Å². The van der Waals surface area contributed by atoms with Crippen LogP contribution < -0.4 is 10.1 Å². The number of carbonyl (C=O) groups excluding carboxylic acids is 3. The molecule has 1 N–H and O–H groups in total. The number of anilines is 1. The van der Waals surface area contributed by atoms with E-state index in [2.05, 4.69) is 5.32 Å². The number of benzene rings is 2. The number of ether oxygens (including phenoxy) is 2. The lowest BCUT2D eigenvalue weighted by molar-refractivity contribution is -0.157. The van der Waals surface area contributed by atoms with Crippen LogP contribution in [-0.4, -0.2) is 49.0 Å². The normalized spacial score (nSPS) is 11.1. The molecule has 0 aliphatic rings. The fourth-order valence-corrected chi connectivity index (χ4v) is 2.71. The highest BCUT2D eigenvalue weighted by Crippen LogP contribution is 2.19. The van der Waals surface area contributed by atoms with Gasteiger partial charge in [0.2, 0.25) is 5.91 Å². The summed E-state index contributed by atoms with van der Waals surface area (Å²) in [5.41, 5.74) is 3.03. The molecule has 0 fully saturated rings. The lowest BCUT2D eigenvalue weighted by Crippen LogP contribution is -2.38. The summed E-state index contributed by atoms with van der Waals surface area (Å²) in [6.07, 6.45) is -0.946. The van der Waals surface area contributed by atoms with Crippen molar-refractivity contribution in [2.24, 2.45) is 0 Å². The molecule has 31 heavy (non-hydrogen) atoms. The molecule has 8 nitrogen and oxygen atoms in total. The Labute approximate surface area is 181 Å². The van der Waals surface area contributed by atoms with Gasteiger partial charge in [0.15, 0.2) is 12.7 Å². The molecule has 0 spiro atoms. The van der Waals surface area contributed by atoms with E-state index in [9.17, 15) is 14.4 Å². The first kappa shape index (κ1) is 23.4. The fourth-order valence-electron chi connectivity index (χ4n) is 2.71. The third kappa shape index (κ3) is 6.85. The largest absolute Gasteiger partial charge is 0.479 e. The van der Waals surface area contributed by atoms with Crippen LogP contribution in [-0.2, 0) is 19.1 Å². The molecule has 0 aromatic heterocycles. The van der Waals surface area contributed by atoms with Gasteiger partial charge >= 0.3 is 5.97 Å². The number of aryl methyl sites for hydroxylation is 2. The van der Waals surface area contributed by atoms with Gasteiger partial charge in [-0.25, -0.2) is 4.79 Å². The molecule has 0 unspecified atom stereocenters. The Bertz CT molecular complexity index is 975. The van der Waals surface area contributed by atoms with Crippen molar-refractivity contribution in [3.8, 4) is 11.8 Å². The summed E-state index contributed by atoms with van der Waals surface area (Å²) in [6.45, 7) is 4.58. The minimum absolute atomic E-state index is 0.179. The van der Waals surface area contributed by atoms with Crippen LogP contribution in [0.15, 0.2) is 42.5 Å². The van der Waals surface area contributed by atoms with E-state index in [0.29, 0.717) is 17.0 Å². The zero-order valence-corrected chi connectivity index (χ0v) is 18.0. The van der Waals surface area contributed by atoms with Gasteiger partial charge in [0, 0.05) is 12.7 Å². The molecule has 0 saturated carbocycles. The lowest BCUT2D eigenvalue weighted by Gasteiger charge is -2.19. The van der Waals surface area contributed by atoms with E-state index in [1.54, 1.807) is 24.3 Å². The molecular weight excluding hydrogens is 398 g/mol. The second kappa shape index (κ2) is 10.8. The topological polar surface area (TPSA) is 109 Å². The van der Waals surface area contributed by atoms with E-state index < -0.39 is 24.6 Å². The average molecular weight is 423 g/mol. The van der Waals surface area contributed by atoms with Crippen molar-refractivity contribution < 1.29 is 23.9 Å². The number of esters is 1. The van der Waals surface area contributed by atoms with Crippen LogP contribution >= 0.6 is 0 Å². The number of hydrogen-bond donors (Lipinski definition) is 1. The Morgan fingerprint density at radius 2 is 1.71 bits per heavy atom. The lowest BCUT2D eigenvalue weighted by atomic mass is 10.1. The van der Waals surface area contributed by atoms with E-state index in [1.165, 1.54) is 18.9 Å². The first-order chi connectivity index (χ1) is 14.7. The number of carbonyl (C=O) groups is 3. The van der Waals surface area contributed by atoms with Gasteiger partial charge in [0.25, 0.3) is 5.91 Å². The number of likely N-dealkylation sites (N-methyl/N-ethyl adjacent to an activating group) is 1. The molecule has 0 aliphatic heterocycles. The molecule has 8 heteroatoms. The van der Waals surface area contributed by atoms with Crippen LogP contribution in [0.2, 0.25) is 0 Å². The third-order valence-corrected chi connectivity index (χ3v) is 4.52. The highest BCUT2D eigenvalue weighted by Gasteiger charge is 2.20. The fraction of sp³-hybridized carbons (Fsp3) is 0.304. The van der Waals surface area contributed by atoms with Gasteiger partial charge in [-0.3, -0.25) is 9.59 Å². The number of hydrogen-bond acceptors (Lipinski definition) is 6. The summed E-state index contributed by atoms with van der Waals surface area (Å²) in [5, 5.41) is 11.6. The molecule has 0 bridgehead atoms. The molecule has 2 aromatic rings. The summed E-state index contributed by atoms with van der Waals surface area (Å²) < 4.78 is 10.5. The minimum Gasteiger partial charge on any atom is -0.479 e. The van der Waals surface area contributed by atoms with Crippen molar-refractivity contribution in [2.45, 2.75) is 26.9 Å². The number of nitrogens with zero attached hydrogens (tertiary/aromatic N) is 2.